The normalized spacial score (nSPS) is 27.4. The average Bonchev–Trinajstić information content (AvgIpc) is 3.07. The standard InChI is InChI=1S/C36H46F3IN6O5/c37-36(38,39)31-19-42-20-32(46-31)45-28-21-50-30(34(48)33(28)47)18-44-24-16-35(17-24)14-23(15-35)43-11-1-2-12-49-25-4-6-26(7-5-25)51-29-8-3-22(9-10-41)13-27(29)40/h3-8,13,19-20,23-24,28,30,33-34,43-44,47-48H,1-2,9-12,14-18,21,41H2,(H,45,46)/t23?,24?,28-,30+,33+,34-,35?/m0/s1. The minimum absolute atomic E-state index is 0.00512. The zero-order chi connectivity index (χ0) is 36.0. The largest absolute Gasteiger partial charge is 0.494 e. The van der Waals surface area contributed by atoms with Crippen LogP contribution < -0.4 is 31.2 Å². The zero-order valence-electron chi connectivity index (χ0n) is 28.2. The number of hydrogen-bond acceptors (Lipinski definition) is 11. The van der Waals surface area contributed by atoms with Crippen molar-refractivity contribution < 1.29 is 37.6 Å². The van der Waals surface area contributed by atoms with Crippen LogP contribution in [0.5, 0.6) is 17.2 Å². The molecule has 15 heteroatoms. The summed E-state index contributed by atoms with van der Waals surface area (Å²) in [4.78, 5) is 7.08. The molecule has 278 valence electrons. The molecule has 7 N–H and O–H groups in total. The van der Waals surface area contributed by atoms with Crippen LogP contribution in [0, 0.1) is 8.99 Å². The van der Waals surface area contributed by atoms with Crippen LogP contribution in [0.3, 0.4) is 0 Å². The zero-order valence-corrected chi connectivity index (χ0v) is 30.4. The first kappa shape index (κ1) is 37.9. The fraction of sp³-hybridized carbons (Fsp3) is 0.556. The van der Waals surface area contributed by atoms with E-state index in [1.165, 1.54) is 5.56 Å². The Morgan fingerprint density at radius 3 is 2.39 bits per heavy atom. The molecule has 2 aromatic carbocycles. The van der Waals surface area contributed by atoms with E-state index in [0.717, 1.165) is 78.5 Å². The van der Waals surface area contributed by atoms with Gasteiger partial charge in [0.2, 0.25) is 0 Å². The smallest absolute Gasteiger partial charge is 0.434 e. The summed E-state index contributed by atoms with van der Waals surface area (Å²) in [6.45, 7) is 2.62. The molecule has 3 aromatic rings. The molecular weight excluding hydrogens is 780 g/mol. The molecule has 0 unspecified atom stereocenters. The topological polar surface area (TPSA) is 156 Å². The van der Waals surface area contributed by atoms with Gasteiger partial charge >= 0.3 is 6.18 Å². The van der Waals surface area contributed by atoms with Gasteiger partial charge in [-0.2, -0.15) is 13.2 Å². The average molecular weight is 827 g/mol. The summed E-state index contributed by atoms with van der Waals surface area (Å²) in [7, 11) is 0. The Morgan fingerprint density at radius 1 is 0.961 bits per heavy atom. The van der Waals surface area contributed by atoms with Gasteiger partial charge in [0.1, 0.15) is 35.3 Å². The van der Waals surface area contributed by atoms with Gasteiger partial charge in [-0.1, -0.05) is 6.07 Å². The third kappa shape index (κ3) is 10.00. The number of nitrogens with two attached hydrogens (primary N) is 1. The summed E-state index contributed by atoms with van der Waals surface area (Å²) in [6.07, 6.45) is 1.32. The number of rotatable bonds is 16. The van der Waals surface area contributed by atoms with Crippen LogP contribution in [-0.4, -0.2) is 89.5 Å². The van der Waals surface area contributed by atoms with Gasteiger partial charge in [-0.05, 0) is 128 Å². The number of benzene rings is 2. The fourth-order valence-electron chi connectivity index (χ4n) is 7.23. The number of anilines is 1. The lowest BCUT2D eigenvalue weighted by molar-refractivity contribution is -0.142. The first-order valence-electron chi connectivity index (χ1n) is 17.5. The van der Waals surface area contributed by atoms with E-state index >= 15 is 0 Å². The lowest BCUT2D eigenvalue weighted by Gasteiger charge is -2.58. The molecule has 0 bridgehead atoms. The first-order chi connectivity index (χ1) is 24.5. The molecule has 1 saturated heterocycles. The van der Waals surface area contributed by atoms with Crippen molar-refractivity contribution in [2.45, 2.75) is 87.6 Å². The summed E-state index contributed by atoms with van der Waals surface area (Å²) in [5.74, 6) is 2.26. The Kier molecular flexibility index (Phi) is 12.6. The quantitative estimate of drug-likeness (QED) is 0.0884. The predicted octanol–water partition coefficient (Wildman–Crippen LogP) is 4.64. The van der Waals surface area contributed by atoms with E-state index in [0.29, 0.717) is 43.4 Å². The van der Waals surface area contributed by atoms with Crippen molar-refractivity contribution in [2.24, 2.45) is 11.1 Å². The highest BCUT2D eigenvalue weighted by Gasteiger charge is 2.52. The van der Waals surface area contributed by atoms with E-state index in [9.17, 15) is 23.4 Å². The Morgan fingerprint density at radius 2 is 1.69 bits per heavy atom. The van der Waals surface area contributed by atoms with Gasteiger partial charge in [-0.15, -0.1) is 0 Å². The van der Waals surface area contributed by atoms with Crippen LogP contribution in [0.25, 0.3) is 0 Å². The molecule has 1 aromatic heterocycles. The van der Waals surface area contributed by atoms with E-state index < -0.39 is 36.2 Å². The third-order valence-electron chi connectivity index (χ3n) is 9.97. The van der Waals surface area contributed by atoms with Gasteiger partial charge in [0, 0.05) is 18.6 Å². The molecule has 4 atom stereocenters. The molecule has 6 rings (SSSR count). The second kappa shape index (κ2) is 16.9. The highest BCUT2D eigenvalue weighted by molar-refractivity contribution is 14.1. The second-order valence-electron chi connectivity index (χ2n) is 13.9. The number of halogens is 4. The van der Waals surface area contributed by atoms with E-state index in [1.807, 2.05) is 36.4 Å². The molecule has 3 aliphatic rings. The second-order valence-corrected chi connectivity index (χ2v) is 15.1. The van der Waals surface area contributed by atoms with Crippen LogP contribution in [0.4, 0.5) is 19.0 Å². The Bertz CT molecular complexity index is 1570. The van der Waals surface area contributed by atoms with Crippen molar-refractivity contribution in [1.82, 2.24) is 20.6 Å². The molecular formula is C36H46F3IN6O5. The van der Waals surface area contributed by atoms with Gasteiger partial charge in [-0.3, -0.25) is 4.98 Å². The van der Waals surface area contributed by atoms with Crippen molar-refractivity contribution in [2.75, 3.05) is 38.2 Å². The van der Waals surface area contributed by atoms with E-state index in [2.05, 4.69) is 54.6 Å². The van der Waals surface area contributed by atoms with Crippen LogP contribution in [-0.2, 0) is 17.3 Å². The van der Waals surface area contributed by atoms with E-state index in [1.54, 1.807) is 0 Å². The molecule has 1 spiro atoms. The maximum Gasteiger partial charge on any atom is 0.434 e. The van der Waals surface area contributed by atoms with Gasteiger partial charge in [0.25, 0.3) is 0 Å². The number of alkyl halides is 3. The number of ether oxygens (including phenoxy) is 3. The Labute approximate surface area is 309 Å². The number of aliphatic hydroxyl groups is 2. The number of hydrogen-bond donors (Lipinski definition) is 6. The number of unbranched alkanes of at least 4 members (excludes halogenated alkanes) is 1. The number of aromatic nitrogens is 2. The number of aliphatic hydroxyl groups excluding tert-OH is 2. The number of nitrogens with one attached hydrogen (secondary N) is 3. The summed E-state index contributed by atoms with van der Waals surface area (Å²) in [5, 5.41) is 31.1. The van der Waals surface area contributed by atoms with Gasteiger partial charge in [0.05, 0.1) is 41.3 Å². The first-order valence-corrected chi connectivity index (χ1v) is 18.6. The Balaban J connectivity index is 0.800. The van der Waals surface area contributed by atoms with E-state index in [-0.39, 0.29) is 12.4 Å². The van der Waals surface area contributed by atoms with Gasteiger partial charge in [0.15, 0.2) is 5.69 Å². The van der Waals surface area contributed by atoms with E-state index in [4.69, 9.17) is 19.9 Å². The van der Waals surface area contributed by atoms with Gasteiger partial charge in [-0.25, -0.2) is 4.98 Å². The predicted molar refractivity (Wildman–Crippen MR) is 194 cm³/mol. The molecule has 2 heterocycles. The number of nitrogens with zero attached hydrogens (tertiary/aromatic N) is 2. The van der Waals surface area contributed by atoms with Crippen LogP contribution in [0.15, 0.2) is 54.9 Å². The molecule has 2 saturated carbocycles. The molecule has 1 aliphatic heterocycles. The molecule has 0 radical (unpaired) electrons. The van der Waals surface area contributed by atoms with Crippen molar-refractivity contribution in [1.29, 1.82) is 0 Å². The lowest BCUT2D eigenvalue weighted by atomic mass is 9.52. The highest BCUT2D eigenvalue weighted by Crippen LogP contribution is 2.55. The summed E-state index contributed by atoms with van der Waals surface area (Å²) in [6, 6.07) is 13.9. The SMILES string of the molecule is NCCc1ccc(Oc2ccc(OCCCCNC3CC4(C3)CC(NC[C@H]3OC[C@H](Nc5cncc(C(F)(F)F)n5)[C@@H](O)[C@H]3O)C4)cc2)c(I)c1. The molecule has 51 heavy (non-hydrogen) atoms. The lowest BCUT2D eigenvalue weighted by Crippen LogP contribution is -2.62. The Hall–Kier alpha value is -2.80. The minimum Gasteiger partial charge on any atom is -0.494 e. The van der Waals surface area contributed by atoms with Gasteiger partial charge < -0.3 is 46.1 Å². The summed E-state index contributed by atoms with van der Waals surface area (Å²) in [5.41, 5.74) is 6.08. The fourth-order valence-corrected chi connectivity index (χ4v) is 7.92. The van der Waals surface area contributed by atoms with Crippen LogP contribution >= 0.6 is 22.6 Å². The van der Waals surface area contributed by atoms with Crippen LogP contribution in [0.2, 0.25) is 0 Å². The van der Waals surface area contributed by atoms with Crippen molar-refractivity contribution in [3.05, 3.63) is 69.7 Å². The molecule has 2 aliphatic carbocycles. The summed E-state index contributed by atoms with van der Waals surface area (Å²) < 4.78 is 57.7. The molecule has 11 nitrogen and oxygen atoms in total. The van der Waals surface area contributed by atoms with Crippen molar-refractivity contribution >= 4 is 28.4 Å². The maximum atomic E-state index is 13.0. The molecule has 0 amide bonds. The third-order valence-corrected chi connectivity index (χ3v) is 10.8. The monoisotopic (exact) mass is 826 g/mol. The summed E-state index contributed by atoms with van der Waals surface area (Å²) >= 11 is 2.28. The highest BCUT2D eigenvalue weighted by atomic mass is 127. The van der Waals surface area contributed by atoms with Crippen LogP contribution in [0.1, 0.15) is 49.8 Å². The maximum absolute atomic E-state index is 13.0. The molecule has 3 fully saturated rings. The van der Waals surface area contributed by atoms with Crippen molar-refractivity contribution in [3.8, 4) is 17.2 Å². The van der Waals surface area contributed by atoms with Crippen molar-refractivity contribution in [3.63, 3.8) is 0 Å². The minimum atomic E-state index is -4.64.